The van der Waals surface area contributed by atoms with Gasteiger partial charge in [0, 0.05) is 44.0 Å². The zero-order chi connectivity index (χ0) is 28.0. The number of nitrogens with one attached hydrogen (secondary N) is 1. The van der Waals surface area contributed by atoms with Crippen LogP contribution in [0, 0.1) is 0 Å². The molecule has 206 valence electrons. The quantitative estimate of drug-likeness (QED) is 0.339. The van der Waals surface area contributed by atoms with Crippen molar-refractivity contribution in [3.8, 4) is 22.8 Å². The van der Waals surface area contributed by atoms with Crippen LogP contribution in [0.3, 0.4) is 0 Å². The van der Waals surface area contributed by atoms with E-state index in [0.717, 1.165) is 12.1 Å². The number of nitrogen functional groups attached to an aromatic ring is 1. The van der Waals surface area contributed by atoms with E-state index in [-0.39, 0.29) is 31.1 Å². The molecule has 6 rings (SSSR count). The lowest BCUT2D eigenvalue weighted by molar-refractivity contribution is 0.102. The summed E-state index contributed by atoms with van der Waals surface area (Å²) in [6.07, 6.45) is 1.84. The summed E-state index contributed by atoms with van der Waals surface area (Å²) in [6, 6.07) is 10.5. The number of likely N-dealkylation sites (tertiary alicyclic amines) is 1. The van der Waals surface area contributed by atoms with Gasteiger partial charge in [-0.2, -0.15) is 5.10 Å². The van der Waals surface area contributed by atoms with Gasteiger partial charge >= 0.3 is 6.09 Å². The van der Waals surface area contributed by atoms with Crippen LogP contribution in [0.15, 0.2) is 42.7 Å². The molecular formula is C27H28N8O5. The summed E-state index contributed by atoms with van der Waals surface area (Å²) < 4.78 is 13.4. The highest BCUT2D eigenvalue weighted by Crippen LogP contribution is 2.48. The molecule has 2 aromatic heterocycles. The lowest BCUT2D eigenvalue weighted by Crippen LogP contribution is -2.40. The summed E-state index contributed by atoms with van der Waals surface area (Å²) in [6.45, 7) is 0.724. The highest BCUT2D eigenvalue weighted by atomic mass is 16.7. The molecule has 2 aliphatic rings. The number of nitrogens with zero attached hydrogens (tertiary/aromatic N) is 6. The molecule has 4 N–H and O–H groups in total. The van der Waals surface area contributed by atoms with Gasteiger partial charge < -0.3 is 35.4 Å². The van der Waals surface area contributed by atoms with Crippen molar-refractivity contribution in [2.75, 3.05) is 49.9 Å². The minimum Gasteiger partial charge on any atom is -0.465 e. The first-order valence-corrected chi connectivity index (χ1v) is 12.8. The van der Waals surface area contributed by atoms with Gasteiger partial charge in [-0.25, -0.2) is 19.4 Å². The molecule has 0 bridgehead atoms. The van der Waals surface area contributed by atoms with Crippen molar-refractivity contribution >= 4 is 40.2 Å². The average molecular weight is 545 g/mol. The fourth-order valence-electron chi connectivity index (χ4n) is 5.15. The maximum atomic E-state index is 13.0. The average Bonchev–Trinajstić information content (AvgIpc) is 3.60. The van der Waals surface area contributed by atoms with E-state index in [0.29, 0.717) is 58.0 Å². The van der Waals surface area contributed by atoms with Gasteiger partial charge in [-0.15, -0.1) is 0 Å². The molecule has 2 aliphatic heterocycles. The lowest BCUT2D eigenvalue weighted by atomic mass is 10.1. The molecule has 4 heterocycles. The Morgan fingerprint density at radius 2 is 1.88 bits per heavy atom. The molecule has 0 saturated carbocycles. The maximum Gasteiger partial charge on any atom is 0.407 e. The van der Waals surface area contributed by atoms with Crippen LogP contribution >= 0.6 is 0 Å². The van der Waals surface area contributed by atoms with E-state index in [4.69, 9.17) is 20.3 Å². The minimum absolute atomic E-state index is 0.0342. The number of fused-ring (bicyclic) bond motifs is 2. The Labute approximate surface area is 229 Å². The third-order valence-electron chi connectivity index (χ3n) is 7.20. The molecule has 13 heteroatoms. The highest BCUT2D eigenvalue weighted by Gasteiger charge is 2.31. The third-order valence-corrected chi connectivity index (χ3v) is 7.20. The number of hydrogen-bond acceptors (Lipinski definition) is 9. The topological polar surface area (TPSA) is 161 Å². The fraction of sp³-hybridized carbons (Fsp3) is 0.296. The van der Waals surface area contributed by atoms with Crippen molar-refractivity contribution in [2.45, 2.75) is 18.9 Å². The van der Waals surface area contributed by atoms with E-state index >= 15 is 0 Å². The number of benzene rings is 2. The first-order chi connectivity index (χ1) is 19.3. The van der Waals surface area contributed by atoms with Crippen LogP contribution in [-0.2, 0) is 0 Å². The molecular weight excluding hydrogens is 516 g/mol. The van der Waals surface area contributed by atoms with E-state index in [2.05, 4.69) is 15.3 Å². The van der Waals surface area contributed by atoms with Crippen molar-refractivity contribution < 1.29 is 24.2 Å². The van der Waals surface area contributed by atoms with Crippen LogP contribution in [0.1, 0.15) is 29.2 Å². The second-order valence-corrected chi connectivity index (χ2v) is 9.90. The number of nitrogens with two attached hydrogens (primary N) is 1. The zero-order valence-electron chi connectivity index (χ0n) is 22.0. The number of rotatable bonds is 5. The fourth-order valence-corrected chi connectivity index (χ4v) is 5.15. The van der Waals surface area contributed by atoms with Gasteiger partial charge in [0.15, 0.2) is 17.1 Å². The number of hydrogen-bond donors (Lipinski definition) is 3. The molecule has 4 aromatic rings. The number of aromatic nitrogens is 4. The smallest absolute Gasteiger partial charge is 0.407 e. The second-order valence-electron chi connectivity index (χ2n) is 9.90. The van der Waals surface area contributed by atoms with Gasteiger partial charge in [-0.05, 0) is 49.2 Å². The molecule has 40 heavy (non-hydrogen) atoms. The van der Waals surface area contributed by atoms with E-state index in [1.165, 1.54) is 11.2 Å². The normalized spacial score (nSPS) is 16.2. The van der Waals surface area contributed by atoms with Crippen molar-refractivity contribution in [2.24, 2.45) is 0 Å². The lowest BCUT2D eigenvalue weighted by Gasteiger charge is -2.30. The van der Waals surface area contributed by atoms with Crippen LogP contribution in [0.2, 0.25) is 0 Å². The predicted octanol–water partition coefficient (Wildman–Crippen LogP) is 3.44. The Morgan fingerprint density at radius 1 is 1.10 bits per heavy atom. The van der Waals surface area contributed by atoms with Crippen LogP contribution in [0.5, 0.6) is 11.5 Å². The standard InChI is InChI=1S/C27H28N8O5/c1-33(2)16-7-5-15(6-8-16)26(36)31-19-10-9-18(22-23(19)40-14-39-22)21-20-24(28)29-13-30-25(20)35(32-21)17-4-3-11-34(12-17)27(37)38/h5-10,13,17H,3-4,11-12,14H2,1-2H3,(H,31,36)(H,37,38)(H2,28,29,30)/t17-/m1/s1. The summed E-state index contributed by atoms with van der Waals surface area (Å²) in [4.78, 5) is 36.6. The van der Waals surface area contributed by atoms with Gasteiger partial charge in [-0.1, -0.05) is 0 Å². The molecule has 2 amide bonds. The van der Waals surface area contributed by atoms with Gasteiger partial charge in [0.05, 0.1) is 17.1 Å². The highest BCUT2D eigenvalue weighted by molar-refractivity contribution is 6.06. The van der Waals surface area contributed by atoms with Crippen LogP contribution in [0.25, 0.3) is 22.3 Å². The van der Waals surface area contributed by atoms with Crippen molar-refractivity contribution in [1.29, 1.82) is 0 Å². The monoisotopic (exact) mass is 544 g/mol. The number of piperidine rings is 1. The van der Waals surface area contributed by atoms with E-state index in [9.17, 15) is 14.7 Å². The van der Waals surface area contributed by atoms with Crippen molar-refractivity contribution in [1.82, 2.24) is 24.6 Å². The summed E-state index contributed by atoms with van der Waals surface area (Å²) in [5, 5.41) is 17.8. The molecule has 0 radical (unpaired) electrons. The van der Waals surface area contributed by atoms with Crippen molar-refractivity contribution in [3.63, 3.8) is 0 Å². The molecule has 1 atom stereocenters. The summed E-state index contributed by atoms with van der Waals surface area (Å²) >= 11 is 0. The molecule has 13 nitrogen and oxygen atoms in total. The maximum absolute atomic E-state index is 13.0. The van der Waals surface area contributed by atoms with Gasteiger partial charge in [0.1, 0.15) is 17.8 Å². The molecule has 1 saturated heterocycles. The number of ether oxygens (including phenoxy) is 2. The van der Waals surface area contributed by atoms with Crippen LogP contribution < -0.4 is 25.4 Å². The Balaban J connectivity index is 1.37. The Hall–Kier alpha value is -5.07. The first kappa shape index (κ1) is 25.2. The molecule has 1 fully saturated rings. The second kappa shape index (κ2) is 9.91. The Bertz CT molecular complexity index is 1620. The minimum atomic E-state index is -0.967. The molecule has 0 unspecified atom stereocenters. The van der Waals surface area contributed by atoms with Crippen LogP contribution in [-0.4, -0.2) is 75.7 Å². The number of carboxylic acid groups (broad SMARTS) is 1. The summed E-state index contributed by atoms with van der Waals surface area (Å²) in [7, 11) is 3.87. The Kier molecular flexibility index (Phi) is 6.25. The van der Waals surface area contributed by atoms with Crippen molar-refractivity contribution in [3.05, 3.63) is 48.3 Å². The summed E-state index contributed by atoms with van der Waals surface area (Å²) in [5.74, 6) is 0.738. The first-order valence-electron chi connectivity index (χ1n) is 12.8. The number of anilines is 3. The van der Waals surface area contributed by atoms with E-state index in [1.54, 1.807) is 28.9 Å². The molecule has 2 aromatic carbocycles. The zero-order valence-corrected chi connectivity index (χ0v) is 22.0. The van der Waals surface area contributed by atoms with Gasteiger partial charge in [0.2, 0.25) is 6.79 Å². The van der Waals surface area contributed by atoms with E-state index in [1.807, 2.05) is 31.1 Å². The number of carbonyl (C=O) groups excluding carboxylic acids is 1. The predicted molar refractivity (Wildman–Crippen MR) is 148 cm³/mol. The number of carbonyl (C=O) groups is 2. The SMILES string of the molecule is CN(C)c1ccc(C(=O)Nc2ccc(-c3nn([C@@H]4CCCN(C(=O)O)C4)c4ncnc(N)c34)c3c2OCO3)cc1. The molecule has 0 spiro atoms. The van der Waals surface area contributed by atoms with Crippen LogP contribution in [0.4, 0.5) is 22.0 Å². The van der Waals surface area contributed by atoms with Gasteiger partial charge in [0.25, 0.3) is 5.91 Å². The largest absolute Gasteiger partial charge is 0.465 e. The number of amides is 2. The Morgan fingerprint density at radius 3 is 2.62 bits per heavy atom. The van der Waals surface area contributed by atoms with Gasteiger partial charge in [-0.3, -0.25) is 4.79 Å². The summed E-state index contributed by atoms with van der Waals surface area (Å²) in [5.41, 5.74) is 9.83. The molecule has 0 aliphatic carbocycles. The third kappa shape index (κ3) is 4.34. The van der Waals surface area contributed by atoms with E-state index < -0.39 is 6.09 Å².